The zero-order valence-electron chi connectivity index (χ0n) is 13.9. The number of anilines is 1. The van der Waals surface area contributed by atoms with Gasteiger partial charge in [0.15, 0.2) is 0 Å². The third-order valence-corrected chi connectivity index (χ3v) is 5.01. The second kappa shape index (κ2) is 6.24. The molecule has 3 N–H and O–H groups in total. The molecule has 1 aromatic carbocycles. The van der Waals surface area contributed by atoms with Gasteiger partial charge in [-0.2, -0.15) is 0 Å². The number of amides is 1. The smallest absolute Gasteiger partial charge is 0.303 e. The molecule has 0 bridgehead atoms. The van der Waals surface area contributed by atoms with E-state index in [9.17, 15) is 9.59 Å². The fourth-order valence-electron chi connectivity index (χ4n) is 3.70. The van der Waals surface area contributed by atoms with Gasteiger partial charge in [0.1, 0.15) is 0 Å². The van der Waals surface area contributed by atoms with Crippen molar-refractivity contribution in [2.24, 2.45) is 0 Å². The minimum atomic E-state index is -0.815. The number of aliphatic carboxylic acids is 1. The highest BCUT2D eigenvalue weighted by molar-refractivity contribution is 6.35. The third kappa shape index (κ3) is 2.97. The lowest BCUT2D eigenvalue weighted by atomic mass is 9.93. The van der Waals surface area contributed by atoms with Gasteiger partial charge in [0.2, 0.25) is 0 Å². The van der Waals surface area contributed by atoms with Crippen molar-refractivity contribution < 1.29 is 14.7 Å². The number of hydrogen-bond donors (Lipinski definition) is 3. The molecule has 128 valence electrons. The quantitative estimate of drug-likeness (QED) is 0.748. The molecule has 0 fully saturated rings. The van der Waals surface area contributed by atoms with Crippen LogP contribution < -0.4 is 5.32 Å². The van der Waals surface area contributed by atoms with Gasteiger partial charge in [-0.05, 0) is 67.0 Å². The van der Waals surface area contributed by atoms with E-state index in [0.717, 1.165) is 35.2 Å². The van der Waals surface area contributed by atoms with Crippen LogP contribution in [0.15, 0.2) is 24.4 Å². The normalized spacial score (nSPS) is 17.3. The van der Waals surface area contributed by atoms with Crippen LogP contribution in [0.2, 0.25) is 0 Å². The summed E-state index contributed by atoms with van der Waals surface area (Å²) in [6.45, 7) is 0. The van der Waals surface area contributed by atoms with Crippen molar-refractivity contribution in [1.29, 1.82) is 0 Å². The van der Waals surface area contributed by atoms with E-state index in [2.05, 4.69) is 10.3 Å². The Bertz CT molecular complexity index is 892. The Kier molecular flexibility index (Phi) is 3.92. The van der Waals surface area contributed by atoms with Crippen LogP contribution in [-0.4, -0.2) is 22.0 Å². The van der Waals surface area contributed by atoms with E-state index in [1.807, 2.05) is 30.5 Å². The molecular weight excluding hydrogens is 316 g/mol. The topological polar surface area (TPSA) is 82.2 Å². The zero-order valence-corrected chi connectivity index (χ0v) is 13.9. The van der Waals surface area contributed by atoms with Crippen LogP contribution in [0, 0.1) is 0 Å². The molecule has 1 aliphatic carbocycles. The van der Waals surface area contributed by atoms with Crippen LogP contribution in [0.4, 0.5) is 5.69 Å². The predicted octanol–water partition coefficient (Wildman–Crippen LogP) is 3.40. The number of aromatic amines is 1. The van der Waals surface area contributed by atoms with Gasteiger partial charge in [-0.15, -0.1) is 0 Å². The highest BCUT2D eigenvalue weighted by Crippen LogP contribution is 2.35. The van der Waals surface area contributed by atoms with E-state index in [1.165, 1.54) is 24.1 Å². The van der Waals surface area contributed by atoms with Crippen molar-refractivity contribution >= 4 is 29.2 Å². The minimum Gasteiger partial charge on any atom is -0.481 e. The monoisotopic (exact) mass is 336 g/mol. The number of fused-ring (bicyclic) bond motifs is 2. The summed E-state index contributed by atoms with van der Waals surface area (Å²) < 4.78 is 0. The Hall–Kier alpha value is -2.82. The summed E-state index contributed by atoms with van der Waals surface area (Å²) in [6, 6.07) is 5.67. The van der Waals surface area contributed by atoms with Crippen molar-refractivity contribution in [3.8, 4) is 0 Å². The van der Waals surface area contributed by atoms with Crippen molar-refractivity contribution in [2.75, 3.05) is 5.32 Å². The molecule has 1 amide bonds. The average Bonchev–Trinajstić information content (AvgIpc) is 3.15. The van der Waals surface area contributed by atoms with E-state index in [4.69, 9.17) is 5.11 Å². The molecule has 5 nitrogen and oxygen atoms in total. The van der Waals surface area contributed by atoms with Gasteiger partial charge < -0.3 is 15.4 Å². The third-order valence-electron chi connectivity index (χ3n) is 5.01. The molecule has 4 rings (SSSR count). The predicted molar refractivity (Wildman–Crippen MR) is 96.3 cm³/mol. The summed E-state index contributed by atoms with van der Waals surface area (Å²) in [5, 5.41) is 11.8. The molecule has 2 aliphatic rings. The van der Waals surface area contributed by atoms with Crippen LogP contribution in [-0.2, 0) is 28.9 Å². The Balaban J connectivity index is 1.70. The first-order chi connectivity index (χ1) is 12.1. The van der Waals surface area contributed by atoms with Crippen LogP contribution in [0.1, 0.15) is 47.2 Å². The zero-order chi connectivity index (χ0) is 17.4. The maximum atomic E-state index is 12.4. The number of nitrogens with one attached hydrogen (secondary N) is 2. The fraction of sp³-hybridized carbons (Fsp3) is 0.300. The van der Waals surface area contributed by atoms with Gasteiger partial charge in [-0.25, -0.2) is 0 Å². The molecule has 2 heterocycles. The molecule has 1 aromatic heterocycles. The lowest BCUT2D eigenvalue weighted by molar-refractivity contribution is -0.137. The van der Waals surface area contributed by atoms with Crippen molar-refractivity contribution in [1.82, 2.24) is 4.98 Å². The molecule has 0 spiro atoms. The van der Waals surface area contributed by atoms with E-state index in [0.29, 0.717) is 12.0 Å². The van der Waals surface area contributed by atoms with Crippen molar-refractivity contribution in [3.05, 3.63) is 52.3 Å². The summed E-state index contributed by atoms with van der Waals surface area (Å²) in [6.07, 6.45) is 9.01. The van der Waals surface area contributed by atoms with Crippen LogP contribution >= 0.6 is 0 Å². The first-order valence-electron chi connectivity index (χ1n) is 8.69. The Morgan fingerprint density at radius 2 is 2.08 bits per heavy atom. The summed E-state index contributed by atoms with van der Waals surface area (Å²) in [7, 11) is 0. The summed E-state index contributed by atoms with van der Waals surface area (Å²) in [5.41, 5.74) is 6.93. The number of carbonyl (C=O) groups excluding carboxylic acids is 1. The van der Waals surface area contributed by atoms with Crippen LogP contribution in [0.25, 0.3) is 11.6 Å². The van der Waals surface area contributed by atoms with Crippen molar-refractivity contribution in [2.45, 2.75) is 38.5 Å². The molecule has 1 aliphatic heterocycles. The number of carboxylic acid groups (broad SMARTS) is 1. The average molecular weight is 336 g/mol. The summed E-state index contributed by atoms with van der Waals surface area (Å²) >= 11 is 0. The van der Waals surface area contributed by atoms with Gasteiger partial charge in [0.25, 0.3) is 5.91 Å². The number of aromatic nitrogens is 1. The fourth-order valence-corrected chi connectivity index (χ4v) is 3.70. The number of hydrogen-bond acceptors (Lipinski definition) is 2. The van der Waals surface area contributed by atoms with Crippen molar-refractivity contribution in [3.63, 3.8) is 0 Å². The van der Waals surface area contributed by atoms with Gasteiger partial charge in [-0.3, -0.25) is 9.59 Å². The number of carbonyl (C=O) groups is 2. The number of benzene rings is 1. The standard InChI is InChI=1S/C20H20N2O3/c23-19(24)8-6-12-5-7-18-15(9-12)16(20(25)22-18)10-13-11-21-17-4-2-1-3-14(13)17/h5,7,9-11,21H,1-4,6,8H2,(H,22,25)(H,23,24). The molecule has 5 heteroatoms. The van der Waals surface area contributed by atoms with E-state index in [-0.39, 0.29) is 12.3 Å². The second-order valence-corrected chi connectivity index (χ2v) is 6.69. The van der Waals surface area contributed by atoms with Crippen LogP contribution in [0.3, 0.4) is 0 Å². The molecule has 0 radical (unpaired) electrons. The van der Waals surface area contributed by atoms with E-state index >= 15 is 0 Å². The molecule has 2 aromatic rings. The largest absolute Gasteiger partial charge is 0.481 e. The van der Waals surface area contributed by atoms with E-state index < -0.39 is 5.97 Å². The molecule has 0 atom stereocenters. The molecule has 0 saturated carbocycles. The molecule has 0 unspecified atom stereocenters. The number of carboxylic acids is 1. The summed E-state index contributed by atoms with van der Waals surface area (Å²) in [4.78, 5) is 26.6. The molecule has 25 heavy (non-hydrogen) atoms. The number of rotatable bonds is 4. The Labute approximate surface area is 145 Å². The SMILES string of the molecule is O=C(O)CCc1ccc2c(c1)C(=Cc1c[nH]c3c1CCCC3)C(=O)N2. The molecular formula is C20H20N2O3. The lowest BCUT2D eigenvalue weighted by Gasteiger charge is -2.11. The Morgan fingerprint density at radius 3 is 2.92 bits per heavy atom. The lowest BCUT2D eigenvalue weighted by Crippen LogP contribution is -2.04. The summed E-state index contributed by atoms with van der Waals surface area (Å²) in [5.74, 6) is -0.916. The first-order valence-corrected chi connectivity index (χ1v) is 8.69. The van der Waals surface area contributed by atoms with Gasteiger partial charge in [0, 0.05) is 35.1 Å². The Morgan fingerprint density at radius 1 is 1.24 bits per heavy atom. The maximum Gasteiger partial charge on any atom is 0.303 e. The maximum absolute atomic E-state index is 12.4. The number of aryl methyl sites for hydroxylation is 2. The van der Waals surface area contributed by atoms with Crippen LogP contribution in [0.5, 0.6) is 0 Å². The highest BCUT2D eigenvalue weighted by Gasteiger charge is 2.25. The first kappa shape index (κ1) is 15.7. The van der Waals surface area contributed by atoms with Gasteiger partial charge in [-0.1, -0.05) is 6.07 Å². The highest BCUT2D eigenvalue weighted by atomic mass is 16.4. The number of H-pyrrole nitrogens is 1. The van der Waals surface area contributed by atoms with Gasteiger partial charge in [0.05, 0.1) is 0 Å². The van der Waals surface area contributed by atoms with E-state index in [1.54, 1.807) is 0 Å². The molecule has 0 saturated heterocycles. The van der Waals surface area contributed by atoms with Gasteiger partial charge >= 0.3 is 5.97 Å². The second-order valence-electron chi connectivity index (χ2n) is 6.69. The minimum absolute atomic E-state index is 0.0878.